The fourth-order valence-corrected chi connectivity index (χ4v) is 6.83. The molecule has 0 aliphatic rings. The number of phenols is 2. The van der Waals surface area contributed by atoms with Crippen molar-refractivity contribution in [3.8, 4) is 39.0 Å². The first-order valence-electron chi connectivity index (χ1n) is 16.4. The van der Waals surface area contributed by atoms with Crippen LogP contribution in [0.25, 0.3) is 27.5 Å². The lowest BCUT2D eigenvalue weighted by Crippen LogP contribution is -2.01. The average molecular weight is 587 g/mol. The van der Waals surface area contributed by atoms with E-state index in [1.807, 2.05) is 24.3 Å². The van der Waals surface area contributed by atoms with E-state index >= 15 is 0 Å². The van der Waals surface area contributed by atoms with E-state index in [0.717, 1.165) is 35.4 Å². The maximum atomic E-state index is 9.95. The molecular weight excluding hydrogens is 536 g/mol. The third-order valence-electron chi connectivity index (χ3n) is 8.33. The lowest BCUT2D eigenvalue weighted by molar-refractivity contribution is 0.475. The van der Waals surface area contributed by atoms with Crippen LogP contribution in [0, 0.1) is 0 Å². The number of thiophene rings is 1. The van der Waals surface area contributed by atoms with Crippen LogP contribution in [-0.2, 0) is 12.8 Å². The summed E-state index contributed by atoms with van der Waals surface area (Å²) in [4.78, 5) is 0. The van der Waals surface area contributed by atoms with Crippen LogP contribution in [0.15, 0.2) is 60.0 Å². The van der Waals surface area contributed by atoms with Gasteiger partial charge in [0.15, 0.2) is 0 Å². The van der Waals surface area contributed by atoms with Crippen LogP contribution in [0.2, 0.25) is 0 Å². The van der Waals surface area contributed by atoms with Crippen LogP contribution in [0.3, 0.4) is 0 Å². The number of benzene rings is 2. The minimum absolute atomic E-state index is 0.253. The third kappa shape index (κ3) is 8.97. The van der Waals surface area contributed by atoms with Crippen LogP contribution in [-0.4, -0.2) is 20.0 Å². The molecule has 2 N–H and O–H groups in total. The number of aryl methyl sites for hydroxylation is 1. The van der Waals surface area contributed by atoms with Gasteiger partial charge >= 0.3 is 0 Å². The molecule has 0 unspecified atom stereocenters. The molecule has 0 amide bonds. The summed E-state index contributed by atoms with van der Waals surface area (Å²) in [7, 11) is 0. The second-order valence-corrected chi connectivity index (χ2v) is 12.5. The Balaban J connectivity index is 1.36. The molecule has 0 fully saturated rings. The quantitative estimate of drug-likeness (QED) is 0.107. The van der Waals surface area contributed by atoms with Gasteiger partial charge < -0.3 is 10.2 Å². The van der Waals surface area contributed by atoms with Crippen molar-refractivity contribution in [3.05, 3.63) is 71.1 Å². The van der Waals surface area contributed by atoms with Crippen molar-refractivity contribution in [2.45, 2.75) is 117 Å². The first-order chi connectivity index (χ1) is 20.6. The molecule has 0 radical (unpaired) electrons. The van der Waals surface area contributed by atoms with Crippen molar-refractivity contribution in [1.29, 1.82) is 0 Å². The summed E-state index contributed by atoms with van der Waals surface area (Å²) in [5, 5.41) is 28.3. The highest BCUT2D eigenvalue weighted by molar-refractivity contribution is 7.12. The fraction of sp³-hybridized carbons (Fsp3) is 0.486. The van der Waals surface area contributed by atoms with Gasteiger partial charge in [0.2, 0.25) is 0 Å². The molecule has 2 aromatic heterocycles. The average Bonchev–Trinajstić information content (AvgIpc) is 3.62. The summed E-state index contributed by atoms with van der Waals surface area (Å²) < 4.78 is 2.12. The van der Waals surface area contributed by atoms with Gasteiger partial charge in [0.25, 0.3) is 0 Å². The molecule has 4 nitrogen and oxygen atoms in total. The van der Waals surface area contributed by atoms with Crippen LogP contribution in [0.4, 0.5) is 0 Å². The molecule has 0 spiro atoms. The fourth-order valence-electron chi connectivity index (χ4n) is 5.91. The molecule has 0 atom stereocenters. The summed E-state index contributed by atoms with van der Waals surface area (Å²) >= 11 is 1.74. The Labute approximate surface area is 257 Å². The first kappa shape index (κ1) is 31.9. The Hall–Kier alpha value is -3.05. The molecule has 0 saturated heterocycles. The van der Waals surface area contributed by atoms with Crippen molar-refractivity contribution in [1.82, 2.24) is 9.78 Å². The molecule has 0 saturated carbocycles. The van der Waals surface area contributed by atoms with Gasteiger partial charge in [-0.05, 0) is 84.8 Å². The van der Waals surface area contributed by atoms with Gasteiger partial charge in [-0.2, -0.15) is 5.10 Å². The standard InChI is InChI=1S/C37H50N2O2S/c1-3-5-6-7-8-9-10-11-12-13-14-15-16-17-18-31-27-28-42-37(31)39-36(30-21-25-33(41)26-22-30)34(4-2)35(38-39)29-19-23-32(40)24-20-29/h19-28,40-41H,3-18H2,1-2H3. The lowest BCUT2D eigenvalue weighted by Gasteiger charge is -2.11. The van der Waals surface area contributed by atoms with Gasteiger partial charge in [-0.25, -0.2) is 4.68 Å². The number of phenolic OH excluding ortho intramolecular Hbond substituents is 2. The maximum Gasteiger partial charge on any atom is 0.121 e. The third-order valence-corrected chi connectivity index (χ3v) is 9.26. The SMILES string of the molecule is CCCCCCCCCCCCCCCCc1ccsc1-n1nc(-c2ccc(O)cc2)c(CC)c1-c1ccc(O)cc1. The van der Waals surface area contributed by atoms with Crippen LogP contribution in [0.5, 0.6) is 11.5 Å². The Kier molecular flexibility index (Phi) is 13.0. The minimum Gasteiger partial charge on any atom is -0.508 e. The second kappa shape index (κ2) is 17.2. The van der Waals surface area contributed by atoms with E-state index in [9.17, 15) is 10.2 Å². The van der Waals surface area contributed by atoms with E-state index in [1.54, 1.807) is 35.6 Å². The monoisotopic (exact) mass is 586 g/mol. The Bertz CT molecular complexity index is 1320. The number of nitrogens with zero attached hydrogens (tertiary/aromatic N) is 2. The minimum atomic E-state index is 0.253. The van der Waals surface area contributed by atoms with Crippen LogP contribution >= 0.6 is 11.3 Å². The van der Waals surface area contributed by atoms with E-state index < -0.39 is 0 Å². The van der Waals surface area contributed by atoms with E-state index in [1.165, 1.54) is 106 Å². The zero-order valence-electron chi connectivity index (χ0n) is 25.8. The molecule has 0 bridgehead atoms. The Morgan fingerprint density at radius 1 is 0.619 bits per heavy atom. The van der Waals surface area contributed by atoms with E-state index in [2.05, 4.69) is 30.0 Å². The van der Waals surface area contributed by atoms with Crippen molar-refractivity contribution in [3.63, 3.8) is 0 Å². The number of unbranched alkanes of at least 4 members (excludes halogenated alkanes) is 13. The zero-order chi connectivity index (χ0) is 29.6. The number of aromatic hydroxyl groups is 2. The topological polar surface area (TPSA) is 58.3 Å². The predicted molar refractivity (Wildman–Crippen MR) is 179 cm³/mol. The van der Waals surface area contributed by atoms with Crippen LogP contribution < -0.4 is 0 Å². The molecule has 4 rings (SSSR count). The van der Waals surface area contributed by atoms with Crippen molar-refractivity contribution < 1.29 is 10.2 Å². The van der Waals surface area contributed by atoms with Gasteiger partial charge in [-0.15, -0.1) is 11.3 Å². The molecular formula is C37H50N2O2S. The summed E-state index contributed by atoms with van der Waals surface area (Å²) in [6, 6.07) is 17.0. The van der Waals surface area contributed by atoms with E-state index in [4.69, 9.17) is 5.10 Å². The predicted octanol–water partition coefficient (Wildman–Crippen LogP) is 11.3. The normalized spacial score (nSPS) is 11.4. The number of hydrogen-bond acceptors (Lipinski definition) is 4. The molecule has 4 aromatic rings. The summed E-state index contributed by atoms with van der Waals surface area (Å²) in [5.41, 5.74) is 6.57. The molecule has 42 heavy (non-hydrogen) atoms. The number of hydrogen-bond donors (Lipinski definition) is 2. The highest BCUT2D eigenvalue weighted by atomic mass is 32.1. The zero-order valence-corrected chi connectivity index (χ0v) is 26.6. The molecule has 2 aromatic carbocycles. The van der Waals surface area contributed by atoms with Gasteiger partial charge in [-0.1, -0.05) is 97.3 Å². The van der Waals surface area contributed by atoms with Crippen LogP contribution in [0.1, 0.15) is 115 Å². The maximum absolute atomic E-state index is 9.95. The van der Waals surface area contributed by atoms with Gasteiger partial charge in [0, 0.05) is 16.7 Å². The summed E-state index contributed by atoms with van der Waals surface area (Å²) in [6.07, 6.45) is 21.1. The van der Waals surface area contributed by atoms with Crippen molar-refractivity contribution in [2.75, 3.05) is 0 Å². The Morgan fingerprint density at radius 2 is 1.12 bits per heavy atom. The van der Waals surface area contributed by atoms with Gasteiger partial charge in [0.05, 0.1) is 11.4 Å². The lowest BCUT2D eigenvalue weighted by atomic mass is 9.99. The van der Waals surface area contributed by atoms with E-state index in [-0.39, 0.29) is 11.5 Å². The molecule has 226 valence electrons. The highest BCUT2D eigenvalue weighted by Crippen LogP contribution is 2.38. The molecule has 2 heterocycles. The molecule has 0 aliphatic carbocycles. The second-order valence-electron chi connectivity index (χ2n) is 11.6. The van der Waals surface area contributed by atoms with Gasteiger partial charge in [0.1, 0.15) is 16.5 Å². The molecule has 0 aliphatic heterocycles. The number of aromatic nitrogens is 2. The van der Waals surface area contributed by atoms with Crippen molar-refractivity contribution in [2.24, 2.45) is 0 Å². The highest BCUT2D eigenvalue weighted by Gasteiger charge is 2.22. The van der Waals surface area contributed by atoms with Crippen molar-refractivity contribution >= 4 is 11.3 Å². The van der Waals surface area contributed by atoms with Gasteiger partial charge in [-0.3, -0.25) is 0 Å². The largest absolute Gasteiger partial charge is 0.508 e. The molecule has 5 heteroatoms. The first-order valence-corrected chi connectivity index (χ1v) is 17.3. The Morgan fingerprint density at radius 3 is 1.64 bits per heavy atom. The van der Waals surface area contributed by atoms with E-state index in [0.29, 0.717) is 0 Å². The summed E-state index contributed by atoms with van der Waals surface area (Å²) in [6.45, 7) is 4.45. The summed E-state index contributed by atoms with van der Waals surface area (Å²) in [5.74, 6) is 0.514. The number of rotatable bonds is 19. The smallest absolute Gasteiger partial charge is 0.121 e.